The van der Waals surface area contributed by atoms with Crippen LogP contribution in [0, 0.1) is 0 Å². The van der Waals surface area contributed by atoms with E-state index in [0.29, 0.717) is 25.3 Å². The molecule has 2 aliphatic heterocycles. The van der Waals surface area contributed by atoms with Crippen LogP contribution in [0.3, 0.4) is 0 Å². The van der Waals surface area contributed by atoms with Crippen molar-refractivity contribution in [1.82, 2.24) is 14.1 Å². The molecule has 0 spiro atoms. The summed E-state index contributed by atoms with van der Waals surface area (Å²) < 4.78 is 41.8. The number of aryl methyl sites for hydroxylation is 1. The van der Waals surface area contributed by atoms with Gasteiger partial charge in [0.2, 0.25) is 10.0 Å². The second-order valence-corrected chi connectivity index (χ2v) is 9.54. The molecule has 1 aromatic heterocycles. The Labute approximate surface area is 159 Å². The number of aromatic nitrogens is 2. The Kier molecular flexibility index (Phi) is 4.52. The molecule has 2 aromatic rings. The molecule has 0 radical (unpaired) electrons. The van der Waals surface area contributed by atoms with Gasteiger partial charge in [0.25, 0.3) is 0 Å². The van der Waals surface area contributed by atoms with Crippen LogP contribution in [0.15, 0.2) is 35.5 Å². The molecule has 7 nitrogen and oxygen atoms in total. The van der Waals surface area contributed by atoms with Crippen LogP contribution >= 0.6 is 0 Å². The average Bonchev–Trinajstić information content (AvgIpc) is 3.23. The quantitative estimate of drug-likeness (QED) is 0.800. The number of hydrogen-bond acceptors (Lipinski definition) is 5. The van der Waals surface area contributed by atoms with Crippen molar-refractivity contribution in [3.63, 3.8) is 0 Å². The highest BCUT2D eigenvalue weighted by Crippen LogP contribution is 2.41. The van der Waals surface area contributed by atoms with Crippen LogP contribution in [0.4, 0.5) is 0 Å². The second kappa shape index (κ2) is 6.61. The molecule has 1 saturated heterocycles. The van der Waals surface area contributed by atoms with Crippen LogP contribution < -0.4 is 4.74 Å². The maximum absolute atomic E-state index is 13.4. The number of rotatable bonds is 4. The highest BCUT2D eigenvalue weighted by molar-refractivity contribution is 7.89. The van der Waals surface area contributed by atoms with E-state index in [4.69, 9.17) is 9.47 Å². The molecular weight excluding hydrogens is 366 g/mol. The van der Waals surface area contributed by atoms with Gasteiger partial charge in [0, 0.05) is 37.8 Å². The summed E-state index contributed by atoms with van der Waals surface area (Å²) in [6.07, 6.45) is 4.04. The molecule has 0 amide bonds. The highest BCUT2D eigenvalue weighted by Gasteiger charge is 2.38. The van der Waals surface area contributed by atoms with E-state index in [9.17, 15) is 8.42 Å². The van der Waals surface area contributed by atoms with Crippen molar-refractivity contribution in [2.45, 2.75) is 50.3 Å². The summed E-state index contributed by atoms with van der Waals surface area (Å²) >= 11 is 0. The van der Waals surface area contributed by atoms with E-state index in [1.54, 1.807) is 18.3 Å². The molecule has 3 heterocycles. The Hall–Kier alpha value is -1.90. The van der Waals surface area contributed by atoms with Gasteiger partial charge in [-0.05, 0) is 32.4 Å². The summed E-state index contributed by atoms with van der Waals surface area (Å²) in [6, 6.07) is 5.36. The first-order valence-electron chi connectivity index (χ1n) is 9.25. The van der Waals surface area contributed by atoms with Gasteiger partial charge in [-0.3, -0.25) is 4.68 Å². The fraction of sp³-hybridized carbons (Fsp3) is 0.526. The minimum absolute atomic E-state index is 0.246. The van der Waals surface area contributed by atoms with Gasteiger partial charge < -0.3 is 9.47 Å². The number of sulfonamides is 1. The third-order valence-corrected chi connectivity index (χ3v) is 6.94. The van der Waals surface area contributed by atoms with Crippen molar-refractivity contribution < 1.29 is 17.9 Å². The summed E-state index contributed by atoms with van der Waals surface area (Å²) in [6.45, 7) is 7.66. The number of ether oxygens (including phenoxy) is 2. The van der Waals surface area contributed by atoms with Crippen LogP contribution in [0.5, 0.6) is 5.75 Å². The largest absolute Gasteiger partial charge is 0.486 e. The van der Waals surface area contributed by atoms with Crippen molar-refractivity contribution in [2.75, 3.05) is 19.7 Å². The van der Waals surface area contributed by atoms with Crippen molar-refractivity contribution in [1.29, 1.82) is 0 Å². The Morgan fingerprint density at radius 2 is 2.15 bits per heavy atom. The fourth-order valence-corrected chi connectivity index (χ4v) is 5.28. The number of benzene rings is 1. The van der Waals surface area contributed by atoms with Crippen molar-refractivity contribution in [3.8, 4) is 5.75 Å². The van der Waals surface area contributed by atoms with Crippen molar-refractivity contribution in [2.24, 2.45) is 0 Å². The van der Waals surface area contributed by atoms with E-state index in [1.807, 2.05) is 37.7 Å². The molecule has 0 N–H and O–H groups in total. The van der Waals surface area contributed by atoms with Crippen LogP contribution in [0.2, 0.25) is 0 Å². The summed E-state index contributed by atoms with van der Waals surface area (Å²) in [7, 11) is -3.68. The molecule has 2 aliphatic rings. The van der Waals surface area contributed by atoms with Crippen LogP contribution in [-0.2, 0) is 27.7 Å². The van der Waals surface area contributed by atoms with E-state index in [-0.39, 0.29) is 17.5 Å². The van der Waals surface area contributed by atoms with Gasteiger partial charge in [-0.15, -0.1) is 0 Å². The molecule has 0 bridgehead atoms. The third-order valence-electron chi connectivity index (χ3n) is 5.05. The second-order valence-electron chi connectivity index (χ2n) is 7.63. The highest BCUT2D eigenvalue weighted by atomic mass is 32.2. The molecular formula is C19H25N3O4S. The monoisotopic (exact) mass is 391 g/mol. The smallest absolute Gasteiger partial charge is 0.246 e. The summed E-state index contributed by atoms with van der Waals surface area (Å²) in [5, 5.41) is 4.27. The average molecular weight is 391 g/mol. The van der Waals surface area contributed by atoms with E-state index < -0.39 is 15.6 Å². The molecule has 146 valence electrons. The van der Waals surface area contributed by atoms with Gasteiger partial charge in [-0.25, -0.2) is 8.42 Å². The van der Waals surface area contributed by atoms with Gasteiger partial charge in [0.1, 0.15) is 16.2 Å². The van der Waals surface area contributed by atoms with E-state index in [1.165, 1.54) is 4.31 Å². The molecule has 0 aliphatic carbocycles. The number of hydrogen-bond donors (Lipinski definition) is 0. The lowest BCUT2D eigenvalue weighted by Gasteiger charge is -2.32. The summed E-state index contributed by atoms with van der Waals surface area (Å²) in [5.74, 6) is 0.490. The standard InChI is InChI=1S/C19H25N3O4S/c1-4-21-12-15(11-20-21)16-13-22(8-9-25-16)27(23,24)17-7-5-6-14-10-19(2,3)26-18(14)17/h5-7,11-12,16H,4,8-10,13H2,1-3H3/t16-/m1/s1. The minimum Gasteiger partial charge on any atom is -0.486 e. The zero-order valence-electron chi connectivity index (χ0n) is 15.9. The Morgan fingerprint density at radius 3 is 2.89 bits per heavy atom. The van der Waals surface area contributed by atoms with Gasteiger partial charge in [0.15, 0.2) is 0 Å². The topological polar surface area (TPSA) is 73.7 Å². The molecule has 1 fully saturated rings. The fourth-order valence-electron chi connectivity index (χ4n) is 3.69. The third kappa shape index (κ3) is 3.37. The number of fused-ring (bicyclic) bond motifs is 1. The van der Waals surface area contributed by atoms with Crippen molar-refractivity contribution in [3.05, 3.63) is 41.7 Å². The predicted octanol–water partition coefficient (Wildman–Crippen LogP) is 2.38. The zero-order valence-corrected chi connectivity index (χ0v) is 16.7. The lowest BCUT2D eigenvalue weighted by atomic mass is 10.0. The molecule has 4 rings (SSSR count). The number of nitrogens with zero attached hydrogens (tertiary/aromatic N) is 3. The van der Waals surface area contributed by atoms with Gasteiger partial charge in [-0.2, -0.15) is 9.40 Å². The molecule has 1 aromatic carbocycles. The van der Waals surface area contributed by atoms with E-state index in [2.05, 4.69) is 5.10 Å². The maximum atomic E-state index is 13.4. The molecule has 1 atom stereocenters. The number of para-hydroxylation sites is 1. The first-order chi connectivity index (χ1) is 12.8. The normalized spacial score (nSPS) is 22.4. The maximum Gasteiger partial charge on any atom is 0.246 e. The van der Waals surface area contributed by atoms with E-state index in [0.717, 1.165) is 17.7 Å². The lowest BCUT2D eigenvalue weighted by Crippen LogP contribution is -2.42. The Bertz CT molecular complexity index is 952. The molecule has 8 heteroatoms. The van der Waals surface area contributed by atoms with Gasteiger partial charge in [-0.1, -0.05) is 12.1 Å². The first-order valence-corrected chi connectivity index (χ1v) is 10.7. The lowest BCUT2D eigenvalue weighted by molar-refractivity contribution is -0.00268. The zero-order chi connectivity index (χ0) is 19.2. The van der Waals surface area contributed by atoms with Gasteiger partial charge in [0.05, 0.1) is 18.9 Å². The molecule has 27 heavy (non-hydrogen) atoms. The molecule has 0 unspecified atom stereocenters. The van der Waals surface area contributed by atoms with Crippen molar-refractivity contribution >= 4 is 10.0 Å². The first kappa shape index (κ1) is 18.5. The van der Waals surface area contributed by atoms with E-state index >= 15 is 0 Å². The Morgan fingerprint density at radius 1 is 1.33 bits per heavy atom. The SMILES string of the molecule is CCn1cc([C@H]2CN(S(=O)(=O)c3cccc4c3OC(C)(C)C4)CCO2)cn1. The summed E-state index contributed by atoms with van der Waals surface area (Å²) in [5.41, 5.74) is 1.44. The predicted molar refractivity (Wildman–Crippen MR) is 100 cm³/mol. The van der Waals surface area contributed by atoms with Crippen LogP contribution in [0.1, 0.15) is 38.0 Å². The van der Waals surface area contributed by atoms with Gasteiger partial charge >= 0.3 is 0 Å². The minimum atomic E-state index is -3.68. The summed E-state index contributed by atoms with van der Waals surface area (Å²) in [4.78, 5) is 0.246. The van der Waals surface area contributed by atoms with Crippen LogP contribution in [0.25, 0.3) is 0 Å². The Balaban J connectivity index is 1.62. The number of morpholine rings is 1. The molecule has 0 saturated carbocycles. The van der Waals surface area contributed by atoms with Crippen LogP contribution in [-0.4, -0.2) is 47.8 Å².